The summed E-state index contributed by atoms with van der Waals surface area (Å²) in [5.41, 5.74) is 0.927. The minimum absolute atomic E-state index is 0.116. The van der Waals surface area contributed by atoms with Crippen molar-refractivity contribution in [3.63, 3.8) is 0 Å². The molecule has 0 saturated carbocycles. The highest BCUT2D eigenvalue weighted by Gasteiger charge is 2.04. The molecule has 21 heavy (non-hydrogen) atoms. The SMILES string of the molecule is O=C(Cc1ccccc1)NCCOc1ccc(F)c(F)c1. The molecule has 0 radical (unpaired) electrons. The van der Waals surface area contributed by atoms with Crippen LogP contribution in [0.3, 0.4) is 0 Å². The van der Waals surface area contributed by atoms with Gasteiger partial charge in [-0.2, -0.15) is 0 Å². The van der Waals surface area contributed by atoms with Crippen LogP contribution in [0.4, 0.5) is 8.78 Å². The van der Waals surface area contributed by atoms with Crippen LogP contribution in [0.5, 0.6) is 5.75 Å². The van der Waals surface area contributed by atoms with Gasteiger partial charge in [-0.1, -0.05) is 30.3 Å². The number of rotatable bonds is 6. The number of hydrogen-bond donors (Lipinski definition) is 1. The molecule has 1 N–H and O–H groups in total. The maximum absolute atomic E-state index is 12.9. The number of nitrogens with one attached hydrogen (secondary N) is 1. The number of hydrogen-bond acceptors (Lipinski definition) is 2. The average molecular weight is 291 g/mol. The Morgan fingerprint density at radius 2 is 1.81 bits per heavy atom. The molecule has 0 aliphatic rings. The van der Waals surface area contributed by atoms with E-state index in [1.165, 1.54) is 6.07 Å². The highest BCUT2D eigenvalue weighted by Crippen LogP contribution is 2.14. The van der Waals surface area contributed by atoms with Gasteiger partial charge in [0.1, 0.15) is 12.4 Å². The van der Waals surface area contributed by atoms with E-state index in [1.54, 1.807) is 0 Å². The van der Waals surface area contributed by atoms with Crippen LogP contribution < -0.4 is 10.1 Å². The van der Waals surface area contributed by atoms with Crippen molar-refractivity contribution in [2.24, 2.45) is 0 Å². The summed E-state index contributed by atoms with van der Waals surface area (Å²) in [5, 5.41) is 2.70. The summed E-state index contributed by atoms with van der Waals surface area (Å²) < 4.78 is 30.9. The van der Waals surface area contributed by atoms with Crippen molar-refractivity contribution in [2.75, 3.05) is 13.2 Å². The fourth-order valence-electron chi connectivity index (χ4n) is 1.77. The van der Waals surface area contributed by atoms with Crippen LogP contribution in [-0.4, -0.2) is 19.1 Å². The summed E-state index contributed by atoms with van der Waals surface area (Å²) in [6.07, 6.45) is 0.298. The molecule has 0 aliphatic carbocycles. The lowest BCUT2D eigenvalue weighted by Gasteiger charge is -2.08. The lowest BCUT2D eigenvalue weighted by molar-refractivity contribution is -0.120. The summed E-state index contributed by atoms with van der Waals surface area (Å²) in [7, 11) is 0. The molecule has 0 saturated heterocycles. The number of carbonyl (C=O) groups excluding carboxylic acids is 1. The minimum Gasteiger partial charge on any atom is -0.492 e. The normalized spacial score (nSPS) is 10.2. The molecule has 0 heterocycles. The van der Waals surface area contributed by atoms with E-state index in [0.717, 1.165) is 17.7 Å². The predicted molar refractivity (Wildman–Crippen MR) is 75.0 cm³/mol. The van der Waals surface area contributed by atoms with Gasteiger partial charge in [-0.3, -0.25) is 4.79 Å². The first kappa shape index (κ1) is 15.0. The largest absolute Gasteiger partial charge is 0.492 e. The zero-order valence-corrected chi connectivity index (χ0v) is 11.3. The molecule has 110 valence electrons. The zero-order chi connectivity index (χ0) is 15.1. The fraction of sp³-hybridized carbons (Fsp3) is 0.188. The molecule has 2 aromatic carbocycles. The van der Waals surface area contributed by atoms with E-state index in [9.17, 15) is 13.6 Å². The Morgan fingerprint density at radius 1 is 1.05 bits per heavy atom. The van der Waals surface area contributed by atoms with Crippen LogP contribution in [0, 0.1) is 11.6 Å². The maximum Gasteiger partial charge on any atom is 0.224 e. The summed E-state index contributed by atoms with van der Waals surface area (Å²) in [5.74, 6) is -1.76. The highest BCUT2D eigenvalue weighted by molar-refractivity contribution is 5.78. The van der Waals surface area contributed by atoms with E-state index in [4.69, 9.17) is 4.74 Å². The van der Waals surface area contributed by atoms with Gasteiger partial charge < -0.3 is 10.1 Å². The molecular formula is C16H15F2NO2. The van der Waals surface area contributed by atoms with Crippen molar-refractivity contribution in [3.8, 4) is 5.75 Å². The second-order valence-corrected chi connectivity index (χ2v) is 4.44. The van der Waals surface area contributed by atoms with Crippen LogP contribution in [0.15, 0.2) is 48.5 Å². The third-order valence-corrected chi connectivity index (χ3v) is 2.79. The number of benzene rings is 2. The van der Waals surface area contributed by atoms with Gasteiger partial charge >= 0.3 is 0 Å². The molecule has 0 bridgehead atoms. The van der Waals surface area contributed by atoms with Crippen LogP contribution >= 0.6 is 0 Å². The Hall–Kier alpha value is -2.43. The van der Waals surface area contributed by atoms with Crippen molar-refractivity contribution >= 4 is 5.91 Å². The quantitative estimate of drug-likeness (QED) is 0.831. The van der Waals surface area contributed by atoms with Crippen molar-refractivity contribution in [1.82, 2.24) is 5.32 Å². The van der Waals surface area contributed by atoms with Crippen molar-refractivity contribution in [2.45, 2.75) is 6.42 Å². The molecule has 2 rings (SSSR count). The fourth-order valence-corrected chi connectivity index (χ4v) is 1.77. The lowest BCUT2D eigenvalue weighted by Crippen LogP contribution is -2.29. The van der Waals surface area contributed by atoms with Gasteiger partial charge in [-0.05, 0) is 17.7 Å². The molecule has 0 fully saturated rings. The van der Waals surface area contributed by atoms with Gasteiger partial charge in [0.05, 0.1) is 13.0 Å². The summed E-state index contributed by atoms with van der Waals surface area (Å²) in [6.45, 7) is 0.482. The molecule has 3 nitrogen and oxygen atoms in total. The first-order valence-corrected chi connectivity index (χ1v) is 6.53. The monoisotopic (exact) mass is 291 g/mol. The van der Waals surface area contributed by atoms with Gasteiger partial charge in [0.25, 0.3) is 0 Å². The number of amides is 1. The van der Waals surface area contributed by atoms with E-state index in [2.05, 4.69) is 5.32 Å². The molecule has 0 spiro atoms. The molecule has 0 unspecified atom stereocenters. The van der Waals surface area contributed by atoms with E-state index in [1.807, 2.05) is 30.3 Å². The Bertz CT molecular complexity index is 602. The van der Waals surface area contributed by atoms with E-state index >= 15 is 0 Å². The summed E-state index contributed by atoms with van der Waals surface area (Å²) in [6, 6.07) is 12.7. The van der Waals surface area contributed by atoms with Crippen LogP contribution in [0.25, 0.3) is 0 Å². The Labute approximate surface area is 121 Å². The van der Waals surface area contributed by atoms with Gasteiger partial charge in [0, 0.05) is 6.07 Å². The third-order valence-electron chi connectivity index (χ3n) is 2.79. The molecule has 1 amide bonds. The topological polar surface area (TPSA) is 38.3 Å². The summed E-state index contributed by atoms with van der Waals surface area (Å²) in [4.78, 5) is 11.6. The van der Waals surface area contributed by atoms with E-state index in [0.29, 0.717) is 13.0 Å². The van der Waals surface area contributed by atoms with Crippen LogP contribution in [-0.2, 0) is 11.2 Å². The van der Waals surface area contributed by atoms with E-state index < -0.39 is 11.6 Å². The average Bonchev–Trinajstić information content (AvgIpc) is 2.48. The molecule has 2 aromatic rings. The second-order valence-electron chi connectivity index (χ2n) is 4.44. The first-order chi connectivity index (χ1) is 10.1. The van der Waals surface area contributed by atoms with E-state index in [-0.39, 0.29) is 18.3 Å². The second kappa shape index (κ2) is 7.38. The number of ether oxygens (including phenoxy) is 1. The standard InChI is InChI=1S/C16H15F2NO2/c17-14-7-6-13(11-15(14)18)21-9-8-19-16(20)10-12-4-2-1-3-5-12/h1-7,11H,8-10H2,(H,19,20). The Balaban J connectivity index is 1.69. The molecule has 0 atom stereocenters. The third kappa shape index (κ3) is 4.87. The number of halogens is 2. The predicted octanol–water partition coefficient (Wildman–Crippen LogP) is 2.70. The van der Waals surface area contributed by atoms with Crippen molar-refractivity contribution in [1.29, 1.82) is 0 Å². The van der Waals surface area contributed by atoms with Crippen LogP contribution in [0.1, 0.15) is 5.56 Å². The number of carbonyl (C=O) groups is 1. The lowest BCUT2D eigenvalue weighted by atomic mass is 10.1. The van der Waals surface area contributed by atoms with Gasteiger partial charge in [-0.25, -0.2) is 8.78 Å². The zero-order valence-electron chi connectivity index (χ0n) is 11.3. The summed E-state index contributed by atoms with van der Waals surface area (Å²) >= 11 is 0. The van der Waals surface area contributed by atoms with Crippen molar-refractivity contribution < 1.29 is 18.3 Å². The van der Waals surface area contributed by atoms with Crippen molar-refractivity contribution in [3.05, 3.63) is 65.7 Å². The van der Waals surface area contributed by atoms with Crippen LogP contribution in [0.2, 0.25) is 0 Å². The first-order valence-electron chi connectivity index (χ1n) is 6.53. The molecular weight excluding hydrogens is 276 g/mol. The van der Waals surface area contributed by atoms with Gasteiger partial charge in [0.2, 0.25) is 5.91 Å². The Kier molecular flexibility index (Phi) is 5.26. The molecule has 0 aromatic heterocycles. The Morgan fingerprint density at radius 3 is 2.52 bits per heavy atom. The molecule has 5 heteroatoms. The smallest absolute Gasteiger partial charge is 0.224 e. The molecule has 0 aliphatic heterocycles. The highest BCUT2D eigenvalue weighted by atomic mass is 19.2. The van der Waals surface area contributed by atoms with Gasteiger partial charge in [-0.15, -0.1) is 0 Å². The van der Waals surface area contributed by atoms with Gasteiger partial charge in [0.15, 0.2) is 11.6 Å². The maximum atomic E-state index is 12.9. The minimum atomic E-state index is -0.958.